The number of rotatable bonds is 4. The van der Waals surface area contributed by atoms with E-state index in [1.54, 1.807) is 13.0 Å². The third kappa shape index (κ3) is 3.73. The molecule has 0 radical (unpaired) electrons. The van der Waals surface area contributed by atoms with Gasteiger partial charge in [-0.3, -0.25) is 4.79 Å². The highest BCUT2D eigenvalue weighted by Gasteiger charge is 2.19. The van der Waals surface area contributed by atoms with Crippen LogP contribution in [0.1, 0.15) is 36.5 Å². The van der Waals surface area contributed by atoms with Crippen LogP contribution in [-0.4, -0.2) is 12.0 Å². The zero-order valence-corrected chi connectivity index (χ0v) is 14.8. The van der Waals surface area contributed by atoms with Crippen LogP contribution in [-0.2, 0) is 17.6 Å². The van der Waals surface area contributed by atoms with Gasteiger partial charge in [-0.2, -0.15) is 0 Å². The average molecular weight is 344 g/mol. The minimum Gasteiger partial charge on any atom is -0.481 e. The van der Waals surface area contributed by atoms with E-state index in [0.717, 1.165) is 29.8 Å². The van der Waals surface area contributed by atoms with Crippen LogP contribution in [0.4, 0.5) is 5.69 Å². The summed E-state index contributed by atoms with van der Waals surface area (Å²) >= 11 is 5.95. The summed E-state index contributed by atoms with van der Waals surface area (Å²) in [5.41, 5.74) is 4.29. The lowest BCUT2D eigenvalue weighted by atomic mass is 9.91. The second-order valence-corrected chi connectivity index (χ2v) is 6.75. The monoisotopic (exact) mass is 343 g/mol. The molecule has 0 spiro atoms. The zero-order valence-electron chi connectivity index (χ0n) is 14.1. The first-order valence-corrected chi connectivity index (χ1v) is 8.77. The van der Waals surface area contributed by atoms with Crippen molar-refractivity contribution in [2.45, 2.75) is 45.6 Å². The van der Waals surface area contributed by atoms with Gasteiger partial charge in [0.25, 0.3) is 5.91 Å². The predicted molar refractivity (Wildman–Crippen MR) is 98.0 cm³/mol. The van der Waals surface area contributed by atoms with E-state index in [1.165, 1.54) is 24.0 Å². The molecule has 0 aliphatic heterocycles. The van der Waals surface area contributed by atoms with E-state index in [9.17, 15) is 4.79 Å². The molecule has 0 fully saturated rings. The Morgan fingerprint density at radius 2 is 2.00 bits per heavy atom. The molecule has 3 rings (SSSR count). The Hall–Kier alpha value is -2.00. The number of anilines is 1. The molecule has 0 bridgehead atoms. The fourth-order valence-corrected chi connectivity index (χ4v) is 3.33. The van der Waals surface area contributed by atoms with Gasteiger partial charge in [0.2, 0.25) is 0 Å². The Morgan fingerprint density at radius 3 is 2.79 bits per heavy atom. The van der Waals surface area contributed by atoms with E-state index in [2.05, 4.69) is 11.4 Å². The number of carbonyl (C=O) groups excluding carboxylic acids is 1. The van der Waals surface area contributed by atoms with Crippen molar-refractivity contribution in [2.24, 2.45) is 0 Å². The van der Waals surface area contributed by atoms with Crippen LogP contribution in [0.5, 0.6) is 5.75 Å². The Balaban J connectivity index is 1.71. The zero-order chi connectivity index (χ0) is 17.1. The van der Waals surface area contributed by atoms with Gasteiger partial charge >= 0.3 is 0 Å². The van der Waals surface area contributed by atoms with Crippen molar-refractivity contribution in [2.75, 3.05) is 5.32 Å². The Labute approximate surface area is 148 Å². The number of hydrogen-bond donors (Lipinski definition) is 1. The minimum atomic E-state index is -0.562. The van der Waals surface area contributed by atoms with Crippen LogP contribution in [0.15, 0.2) is 36.4 Å². The normalized spacial score (nSPS) is 14.6. The third-order valence-electron chi connectivity index (χ3n) is 4.47. The minimum absolute atomic E-state index is 0.158. The SMILES string of the molecule is Cc1cc(Cl)ccc1NC(=O)[C@H](C)Oc1cccc2c1CCCC2. The summed E-state index contributed by atoms with van der Waals surface area (Å²) in [7, 11) is 0. The molecule has 0 saturated heterocycles. The predicted octanol–water partition coefficient (Wildman–Crippen LogP) is 4.93. The lowest BCUT2D eigenvalue weighted by molar-refractivity contribution is -0.122. The summed E-state index contributed by atoms with van der Waals surface area (Å²) in [6.07, 6.45) is 3.96. The summed E-state index contributed by atoms with van der Waals surface area (Å²) in [4.78, 5) is 12.5. The third-order valence-corrected chi connectivity index (χ3v) is 4.71. The summed E-state index contributed by atoms with van der Waals surface area (Å²) < 4.78 is 5.97. The van der Waals surface area contributed by atoms with E-state index in [4.69, 9.17) is 16.3 Å². The largest absolute Gasteiger partial charge is 0.481 e. The Bertz CT molecular complexity index is 757. The number of aryl methyl sites for hydroxylation is 2. The fourth-order valence-electron chi connectivity index (χ4n) is 3.10. The molecule has 0 saturated carbocycles. The van der Waals surface area contributed by atoms with Gasteiger partial charge in [0.1, 0.15) is 5.75 Å². The first kappa shape index (κ1) is 16.8. The topological polar surface area (TPSA) is 38.3 Å². The van der Waals surface area contributed by atoms with Crippen LogP contribution < -0.4 is 10.1 Å². The number of ether oxygens (including phenoxy) is 1. The number of amides is 1. The van der Waals surface area contributed by atoms with E-state index in [-0.39, 0.29) is 5.91 Å². The van der Waals surface area contributed by atoms with Crippen LogP contribution in [0.3, 0.4) is 0 Å². The van der Waals surface area contributed by atoms with Gasteiger partial charge in [0.05, 0.1) is 0 Å². The molecule has 3 nitrogen and oxygen atoms in total. The number of halogens is 1. The lowest BCUT2D eigenvalue weighted by Crippen LogP contribution is -2.30. The highest BCUT2D eigenvalue weighted by Crippen LogP contribution is 2.30. The molecular weight excluding hydrogens is 322 g/mol. The highest BCUT2D eigenvalue weighted by atomic mass is 35.5. The first-order chi connectivity index (χ1) is 11.5. The van der Waals surface area contributed by atoms with Crippen LogP contribution in [0.2, 0.25) is 5.02 Å². The maximum Gasteiger partial charge on any atom is 0.265 e. The number of hydrogen-bond acceptors (Lipinski definition) is 2. The maximum absolute atomic E-state index is 12.5. The number of carbonyl (C=O) groups is 1. The smallest absolute Gasteiger partial charge is 0.265 e. The number of benzene rings is 2. The van der Waals surface area contributed by atoms with Gasteiger partial charge in [-0.05, 0) is 80.5 Å². The van der Waals surface area contributed by atoms with Crippen molar-refractivity contribution in [3.63, 3.8) is 0 Å². The van der Waals surface area contributed by atoms with Crippen LogP contribution >= 0.6 is 11.6 Å². The molecular formula is C20H22ClNO2. The Kier molecular flexibility index (Phi) is 5.10. The summed E-state index contributed by atoms with van der Waals surface area (Å²) in [6, 6.07) is 11.5. The van der Waals surface area contributed by atoms with Crippen molar-refractivity contribution in [3.05, 3.63) is 58.1 Å². The molecule has 0 heterocycles. The molecule has 0 unspecified atom stereocenters. The standard InChI is InChI=1S/C20H22ClNO2/c1-13-12-16(21)10-11-18(13)22-20(23)14(2)24-19-9-5-7-15-6-3-4-8-17(15)19/h5,7,9-12,14H,3-4,6,8H2,1-2H3,(H,22,23)/t14-/m0/s1. The second-order valence-electron chi connectivity index (χ2n) is 6.31. The first-order valence-electron chi connectivity index (χ1n) is 8.39. The fraction of sp³-hybridized carbons (Fsp3) is 0.350. The van der Waals surface area contributed by atoms with Crippen LogP contribution in [0.25, 0.3) is 0 Å². The summed E-state index contributed by atoms with van der Waals surface area (Å²) in [5, 5.41) is 3.57. The van der Waals surface area contributed by atoms with Gasteiger partial charge in [-0.15, -0.1) is 0 Å². The maximum atomic E-state index is 12.5. The van der Waals surface area contributed by atoms with Gasteiger partial charge in [-0.1, -0.05) is 23.7 Å². The van der Waals surface area contributed by atoms with Crippen molar-refractivity contribution >= 4 is 23.2 Å². The molecule has 2 aromatic rings. The molecule has 24 heavy (non-hydrogen) atoms. The Morgan fingerprint density at radius 1 is 1.21 bits per heavy atom. The molecule has 1 atom stereocenters. The lowest BCUT2D eigenvalue weighted by Gasteiger charge is -2.22. The van der Waals surface area contributed by atoms with Crippen molar-refractivity contribution in [1.29, 1.82) is 0 Å². The quantitative estimate of drug-likeness (QED) is 0.854. The van der Waals surface area contributed by atoms with Crippen molar-refractivity contribution < 1.29 is 9.53 Å². The molecule has 4 heteroatoms. The van der Waals surface area contributed by atoms with Gasteiger partial charge < -0.3 is 10.1 Å². The average Bonchev–Trinajstić information content (AvgIpc) is 2.57. The second kappa shape index (κ2) is 7.27. The molecule has 1 aliphatic carbocycles. The summed E-state index contributed by atoms with van der Waals surface area (Å²) in [5.74, 6) is 0.677. The van der Waals surface area contributed by atoms with Crippen molar-refractivity contribution in [1.82, 2.24) is 0 Å². The molecule has 126 valence electrons. The number of fused-ring (bicyclic) bond motifs is 1. The summed E-state index contributed by atoms with van der Waals surface area (Å²) in [6.45, 7) is 3.70. The van der Waals surface area contributed by atoms with E-state index in [0.29, 0.717) is 5.02 Å². The van der Waals surface area contributed by atoms with E-state index < -0.39 is 6.10 Å². The molecule has 2 aromatic carbocycles. The highest BCUT2D eigenvalue weighted by molar-refractivity contribution is 6.30. The molecule has 0 aromatic heterocycles. The van der Waals surface area contributed by atoms with Gasteiger partial charge in [0, 0.05) is 10.7 Å². The molecule has 1 N–H and O–H groups in total. The number of nitrogens with one attached hydrogen (secondary N) is 1. The van der Waals surface area contributed by atoms with Gasteiger partial charge in [0.15, 0.2) is 6.10 Å². The van der Waals surface area contributed by atoms with Crippen LogP contribution in [0, 0.1) is 6.92 Å². The van der Waals surface area contributed by atoms with E-state index >= 15 is 0 Å². The molecule has 1 aliphatic rings. The van der Waals surface area contributed by atoms with E-state index in [1.807, 2.05) is 31.2 Å². The van der Waals surface area contributed by atoms with Gasteiger partial charge in [-0.25, -0.2) is 0 Å². The van der Waals surface area contributed by atoms with Crippen molar-refractivity contribution in [3.8, 4) is 5.75 Å². The molecule has 1 amide bonds.